The Morgan fingerprint density at radius 1 is 1.33 bits per heavy atom. The van der Waals surface area contributed by atoms with Crippen LogP contribution in [-0.4, -0.2) is 27.7 Å². The van der Waals surface area contributed by atoms with Crippen molar-refractivity contribution in [1.29, 1.82) is 0 Å². The van der Waals surface area contributed by atoms with Crippen molar-refractivity contribution in [2.24, 2.45) is 11.3 Å². The van der Waals surface area contributed by atoms with E-state index in [1.54, 1.807) is 0 Å². The molecular formula is C12H23N5O. The molecule has 0 saturated heterocycles. The summed E-state index contributed by atoms with van der Waals surface area (Å²) in [5.41, 5.74) is 3.45. The van der Waals surface area contributed by atoms with Gasteiger partial charge in [0, 0.05) is 12.1 Å². The summed E-state index contributed by atoms with van der Waals surface area (Å²) in [4.78, 5) is 8.12. The summed E-state index contributed by atoms with van der Waals surface area (Å²) in [6, 6.07) is 0. The van der Waals surface area contributed by atoms with Crippen LogP contribution in [0, 0.1) is 12.3 Å². The van der Waals surface area contributed by atoms with E-state index in [9.17, 15) is 5.11 Å². The molecule has 102 valence electrons. The first-order valence-electron chi connectivity index (χ1n) is 6.03. The summed E-state index contributed by atoms with van der Waals surface area (Å²) >= 11 is 0. The number of nitrogen functional groups attached to an aromatic ring is 1. The zero-order chi connectivity index (χ0) is 13.8. The number of hydrogen-bond donors (Lipinski definition) is 4. The SMILES string of the molecule is Cc1c(NN)ncnc1NCC(O)CC(C)(C)C. The summed E-state index contributed by atoms with van der Waals surface area (Å²) in [7, 11) is 0. The number of aliphatic hydroxyl groups is 1. The minimum Gasteiger partial charge on any atom is -0.391 e. The summed E-state index contributed by atoms with van der Waals surface area (Å²) in [6.45, 7) is 8.63. The second-order valence-corrected chi connectivity index (χ2v) is 5.64. The highest BCUT2D eigenvalue weighted by Gasteiger charge is 2.17. The molecule has 0 bridgehead atoms. The number of anilines is 2. The predicted octanol–water partition coefficient (Wildman–Crippen LogP) is 1.28. The third kappa shape index (κ3) is 4.46. The third-order valence-electron chi connectivity index (χ3n) is 2.57. The van der Waals surface area contributed by atoms with Crippen molar-refractivity contribution in [3.8, 4) is 0 Å². The lowest BCUT2D eigenvalue weighted by atomic mass is 9.89. The van der Waals surface area contributed by atoms with Gasteiger partial charge in [-0.15, -0.1) is 0 Å². The lowest BCUT2D eigenvalue weighted by molar-refractivity contribution is 0.132. The van der Waals surface area contributed by atoms with E-state index in [4.69, 9.17) is 5.84 Å². The van der Waals surface area contributed by atoms with Gasteiger partial charge in [-0.05, 0) is 18.8 Å². The Hall–Kier alpha value is -1.40. The number of hydrazine groups is 1. The smallest absolute Gasteiger partial charge is 0.148 e. The van der Waals surface area contributed by atoms with Crippen LogP contribution in [0.3, 0.4) is 0 Å². The van der Waals surface area contributed by atoms with Gasteiger partial charge in [-0.3, -0.25) is 0 Å². The Morgan fingerprint density at radius 2 is 1.94 bits per heavy atom. The predicted molar refractivity (Wildman–Crippen MR) is 73.1 cm³/mol. The number of nitrogens with one attached hydrogen (secondary N) is 2. The maximum atomic E-state index is 9.92. The van der Waals surface area contributed by atoms with E-state index in [-0.39, 0.29) is 5.41 Å². The van der Waals surface area contributed by atoms with Crippen molar-refractivity contribution in [1.82, 2.24) is 9.97 Å². The molecule has 0 spiro atoms. The fourth-order valence-electron chi connectivity index (χ4n) is 1.77. The van der Waals surface area contributed by atoms with Crippen LogP contribution in [0.15, 0.2) is 6.33 Å². The van der Waals surface area contributed by atoms with Crippen LogP contribution in [-0.2, 0) is 0 Å². The minimum atomic E-state index is -0.409. The van der Waals surface area contributed by atoms with Crippen LogP contribution in [0.2, 0.25) is 0 Å². The van der Waals surface area contributed by atoms with Crippen LogP contribution >= 0.6 is 0 Å². The van der Waals surface area contributed by atoms with Crippen molar-refractivity contribution in [3.63, 3.8) is 0 Å². The fraction of sp³-hybridized carbons (Fsp3) is 0.667. The van der Waals surface area contributed by atoms with E-state index in [0.29, 0.717) is 18.2 Å². The van der Waals surface area contributed by atoms with Crippen LogP contribution in [0.4, 0.5) is 11.6 Å². The molecule has 18 heavy (non-hydrogen) atoms. The summed E-state index contributed by atoms with van der Waals surface area (Å²) in [5.74, 6) is 6.61. The highest BCUT2D eigenvalue weighted by atomic mass is 16.3. The van der Waals surface area contributed by atoms with Crippen molar-refractivity contribution >= 4 is 11.6 Å². The second-order valence-electron chi connectivity index (χ2n) is 5.64. The highest BCUT2D eigenvalue weighted by molar-refractivity contribution is 5.55. The van der Waals surface area contributed by atoms with Gasteiger partial charge in [-0.1, -0.05) is 20.8 Å². The van der Waals surface area contributed by atoms with Gasteiger partial charge in [-0.25, -0.2) is 15.8 Å². The first-order chi connectivity index (χ1) is 8.33. The standard InChI is InChI=1S/C12H23N5O/c1-8-10(15-7-16-11(8)17-13)14-6-9(18)5-12(2,3)4/h7,9,18H,5-6,13H2,1-4H3,(H2,14,15,16,17). The van der Waals surface area contributed by atoms with E-state index >= 15 is 0 Å². The molecular weight excluding hydrogens is 230 g/mol. The fourth-order valence-corrected chi connectivity index (χ4v) is 1.77. The molecule has 0 aliphatic heterocycles. The molecule has 1 atom stereocenters. The first kappa shape index (κ1) is 14.7. The Bertz CT molecular complexity index is 389. The third-order valence-corrected chi connectivity index (χ3v) is 2.57. The highest BCUT2D eigenvalue weighted by Crippen LogP contribution is 2.21. The number of hydrogen-bond acceptors (Lipinski definition) is 6. The molecule has 0 fully saturated rings. The summed E-state index contributed by atoms with van der Waals surface area (Å²) in [5, 5.41) is 13.0. The number of rotatable bonds is 5. The Labute approximate surface area is 108 Å². The minimum absolute atomic E-state index is 0.103. The number of aromatic nitrogens is 2. The summed E-state index contributed by atoms with van der Waals surface area (Å²) in [6.07, 6.45) is 1.75. The largest absolute Gasteiger partial charge is 0.391 e. The molecule has 5 N–H and O–H groups in total. The molecule has 1 heterocycles. The number of aliphatic hydroxyl groups excluding tert-OH is 1. The normalized spacial score (nSPS) is 13.2. The molecule has 1 unspecified atom stereocenters. The van der Waals surface area contributed by atoms with Crippen molar-refractivity contribution in [3.05, 3.63) is 11.9 Å². The molecule has 1 rings (SSSR count). The van der Waals surface area contributed by atoms with E-state index in [2.05, 4.69) is 41.5 Å². The van der Waals surface area contributed by atoms with Crippen LogP contribution < -0.4 is 16.6 Å². The average molecular weight is 253 g/mol. The van der Waals surface area contributed by atoms with Crippen LogP contribution in [0.1, 0.15) is 32.8 Å². The van der Waals surface area contributed by atoms with Gasteiger partial charge >= 0.3 is 0 Å². The monoisotopic (exact) mass is 253 g/mol. The summed E-state index contributed by atoms with van der Waals surface area (Å²) < 4.78 is 0. The molecule has 0 radical (unpaired) electrons. The van der Waals surface area contributed by atoms with Crippen LogP contribution in [0.25, 0.3) is 0 Å². The van der Waals surface area contributed by atoms with E-state index in [1.807, 2.05) is 6.92 Å². The number of nitrogens with two attached hydrogens (primary N) is 1. The lowest BCUT2D eigenvalue weighted by Gasteiger charge is -2.23. The Morgan fingerprint density at radius 3 is 2.50 bits per heavy atom. The maximum absolute atomic E-state index is 9.92. The Kier molecular flexibility index (Phi) is 4.86. The van der Waals surface area contributed by atoms with Crippen molar-refractivity contribution in [2.45, 2.75) is 40.2 Å². The first-order valence-corrected chi connectivity index (χ1v) is 6.03. The second kappa shape index (κ2) is 5.97. The molecule has 0 aliphatic carbocycles. The quantitative estimate of drug-likeness (QED) is 0.466. The van der Waals surface area contributed by atoms with E-state index in [1.165, 1.54) is 6.33 Å². The van der Waals surface area contributed by atoms with Crippen molar-refractivity contribution in [2.75, 3.05) is 17.3 Å². The molecule has 0 aliphatic rings. The zero-order valence-corrected chi connectivity index (χ0v) is 11.5. The van der Waals surface area contributed by atoms with E-state index in [0.717, 1.165) is 12.0 Å². The molecule has 1 aromatic heterocycles. The Balaban J connectivity index is 2.58. The topological polar surface area (TPSA) is 96.1 Å². The lowest BCUT2D eigenvalue weighted by Crippen LogP contribution is -2.26. The van der Waals surface area contributed by atoms with Gasteiger partial charge in [0.25, 0.3) is 0 Å². The molecule has 0 aromatic carbocycles. The molecule has 1 aromatic rings. The van der Waals surface area contributed by atoms with Gasteiger partial charge in [0.15, 0.2) is 0 Å². The van der Waals surface area contributed by atoms with Gasteiger partial charge in [0.2, 0.25) is 0 Å². The van der Waals surface area contributed by atoms with Gasteiger partial charge in [-0.2, -0.15) is 0 Å². The molecule has 0 saturated carbocycles. The number of nitrogens with zero attached hydrogens (tertiary/aromatic N) is 2. The molecule has 6 nitrogen and oxygen atoms in total. The molecule has 0 amide bonds. The van der Waals surface area contributed by atoms with Gasteiger partial charge in [0.1, 0.15) is 18.0 Å². The average Bonchev–Trinajstić information content (AvgIpc) is 2.25. The van der Waals surface area contributed by atoms with Gasteiger partial charge in [0.05, 0.1) is 6.10 Å². The zero-order valence-electron chi connectivity index (χ0n) is 11.5. The molecule has 6 heteroatoms. The van der Waals surface area contributed by atoms with Gasteiger partial charge < -0.3 is 15.8 Å². The van der Waals surface area contributed by atoms with E-state index < -0.39 is 6.10 Å². The maximum Gasteiger partial charge on any atom is 0.148 e. The van der Waals surface area contributed by atoms with Crippen LogP contribution in [0.5, 0.6) is 0 Å². The van der Waals surface area contributed by atoms with Crippen molar-refractivity contribution < 1.29 is 5.11 Å².